The number of nitrogens with one attached hydrogen (secondary N) is 1. The summed E-state index contributed by atoms with van der Waals surface area (Å²) in [4.78, 5) is 21.5. The number of carbonyl (C=O) groups is 1. The van der Waals surface area contributed by atoms with Crippen molar-refractivity contribution in [1.29, 1.82) is 0 Å². The van der Waals surface area contributed by atoms with Crippen LogP contribution in [0.3, 0.4) is 0 Å². The first-order chi connectivity index (χ1) is 8.78. The van der Waals surface area contributed by atoms with Gasteiger partial charge in [-0.3, -0.25) is 14.9 Å². The predicted octanol–water partition coefficient (Wildman–Crippen LogP) is 1.61. The highest BCUT2D eigenvalue weighted by molar-refractivity contribution is 6.33. The van der Waals surface area contributed by atoms with E-state index in [1.807, 2.05) is 0 Å². The van der Waals surface area contributed by atoms with Gasteiger partial charge in [0, 0.05) is 0 Å². The van der Waals surface area contributed by atoms with Crippen LogP contribution in [0.5, 0.6) is 0 Å². The molecule has 9 heteroatoms. The molecule has 0 saturated heterocycles. The van der Waals surface area contributed by atoms with Gasteiger partial charge in [0.2, 0.25) is 0 Å². The van der Waals surface area contributed by atoms with Gasteiger partial charge in [-0.05, 0) is 12.1 Å². The second-order valence-electron chi connectivity index (χ2n) is 3.59. The topological polar surface area (TPSA) is 92.5 Å². The molecular weight excluding hydrogens is 286 g/mol. The zero-order valence-electron chi connectivity index (χ0n) is 9.40. The molecule has 0 fully saturated rings. The summed E-state index contributed by atoms with van der Waals surface area (Å²) in [6, 6.07) is 3.59. The lowest BCUT2D eigenvalue weighted by Crippen LogP contribution is -2.39. The van der Waals surface area contributed by atoms with E-state index in [9.17, 15) is 23.7 Å². The van der Waals surface area contributed by atoms with E-state index in [2.05, 4.69) is 0 Å². The second kappa shape index (κ2) is 5.89. The summed E-state index contributed by atoms with van der Waals surface area (Å²) in [6.45, 7) is -2.57. The van der Waals surface area contributed by atoms with Crippen LogP contribution in [0.2, 0.25) is 5.02 Å². The Morgan fingerprint density at radius 3 is 2.68 bits per heavy atom. The van der Waals surface area contributed by atoms with E-state index in [-0.39, 0.29) is 5.02 Å². The molecule has 0 aromatic heterocycles. The van der Waals surface area contributed by atoms with Crippen LogP contribution in [0.25, 0.3) is 0 Å². The summed E-state index contributed by atoms with van der Waals surface area (Å²) in [7, 11) is 0. The maximum atomic E-state index is 12.7. The third kappa shape index (κ3) is 3.83. The average molecular weight is 295 g/mol. The van der Waals surface area contributed by atoms with Gasteiger partial charge in [-0.2, -0.15) is 0 Å². The van der Waals surface area contributed by atoms with E-state index in [0.29, 0.717) is 0 Å². The van der Waals surface area contributed by atoms with Gasteiger partial charge in [0.1, 0.15) is 17.2 Å². The van der Waals surface area contributed by atoms with Crippen LogP contribution in [-0.4, -0.2) is 35.0 Å². The van der Waals surface area contributed by atoms with E-state index in [1.54, 1.807) is 5.32 Å². The van der Waals surface area contributed by atoms with Crippen molar-refractivity contribution in [1.82, 2.24) is 5.32 Å². The Balaban J connectivity index is 2.95. The quantitative estimate of drug-likeness (QED) is 0.637. The molecule has 1 amide bonds. The van der Waals surface area contributed by atoms with Crippen molar-refractivity contribution in [2.75, 3.05) is 13.2 Å². The number of benzene rings is 1. The molecule has 0 aliphatic carbocycles. The number of nitro benzene ring substituents is 1. The summed E-state index contributed by atoms with van der Waals surface area (Å²) < 4.78 is 25.5. The van der Waals surface area contributed by atoms with Gasteiger partial charge < -0.3 is 10.4 Å². The van der Waals surface area contributed by atoms with Crippen molar-refractivity contribution in [3.05, 3.63) is 38.9 Å². The number of amides is 1. The van der Waals surface area contributed by atoms with Crippen molar-refractivity contribution in [3.8, 4) is 0 Å². The lowest BCUT2D eigenvalue weighted by molar-refractivity contribution is -0.385. The van der Waals surface area contributed by atoms with E-state index < -0.39 is 41.2 Å². The Bertz CT molecular complexity index is 510. The summed E-state index contributed by atoms with van der Waals surface area (Å²) in [6.07, 6.45) is 0. The number of halogens is 3. The molecule has 1 aromatic rings. The third-order valence-electron chi connectivity index (χ3n) is 2.15. The van der Waals surface area contributed by atoms with Gasteiger partial charge in [0.15, 0.2) is 0 Å². The summed E-state index contributed by atoms with van der Waals surface area (Å²) >= 11 is 5.58. The molecule has 0 aliphatic heterocycles. The van der Waals surface area contributed by atoms with Crippen LogP contribution in [0, 0.1) is 10.1 Å². The average Bonchev–Trinajstić information content (AvgIpc) is 2.35. The number of rotatable bonds is 5. The lowest BCUT2D eigenvalue weighted by atomic mass is 10.1. The minimum absolute atomic E-state index is 0.272. The minimum Gasteiger partial charge on any atom is -0.390 e. The van der Waals surface area contributed by atoms with Crippen molar-refractivity contribution in [3.63, 3.8) is 0 Å². The van der Waals surface area contributed by atoms with Crippen LogP contribution >= 0.6 is 11.6 Å². The fraction of sp³-hybridized carbons (Fsp3) is 0.300. The minimum atomic E-state index is -3.50. The molecule has 6 nitrogen and oxygen atoms in total. The molecule has 0 bridgehead atoms. The fourth-order valence-electron chi connectivity index (χ4n) is 1.24. The molecule has 0 aliphatic rings. The Kier molecular flexibility index (Phi) is 4.73. The maximum Gasteiger partial charge on any atom is 0.300 e. The maximum absolute atomic E-state index is 12.7. The Labute approximate surface area is 111 Å². The Morgan fingerprint density at radius 2 is 2.16 bits per heavy atom. The van der Waals surface area contributed by atoms with Crippen molar-refractivity contribution < 1.29 is 23.6 Å². The molecule has 0 radical (unpaired) electrons. The summed E-state index contributed by atoms with van der Waals surface area (Å²) in [5.74, 6) is -4.56. The number of aliphatic hydroxyl groups excluding tert-OH is 1. The smallest absolute Gasteiger partial charge is 0.300 e. The fourth-order valence-corrected chi connectivity index (χ4v) is 1.49. The Hall–Kier alpha value is -1.80. The van der Waals surface area contributed by atoms with Crippen LogP contribution in [0.4, 0.5) is 14.5 Å². The first-order valence-electron chi connectivity index (χ1n) is 4.98. The van der Waals surface area contributed by atoms with Gasteiger partial charge in [-0.15, -0.1) is 0 Å². The number of hydrogen-bond acceptors (Lipinski definition) is 4. The highest BCUT2D eigenvalue weighted by Crippen LogP contribution is 2.28. The molecule has 0 spiro atoms. The molecule has 0 heterocycles. The molecule has 0 saturated carbocycles. The predicted molar refractivity (Wildman–Crippen MR) is 62.5 cm³/mol. The molecule has 0 unspecified atom stereocenters. The zero-order valence-corrected chi connectivity index (χ0v) is 10.2. The molecular formula is C10H9ClF2N2O4. The normalized spacial score (nSPS) is 11.2. The monoisotopic (exact) mass is 294 g/mol. The number of carbonyl (C=O) groups excluding carboxylic acids is 1. The molecule has 19 heavy (non-hydrogen) atoms. The zero-order chi connectivity index (χ0) is 14.6. The summed E-state index contributed by atoms with van der Waals surface area (Å²) in [5.41, 5.74) is -1.08. The number of nitro groups is 1. The van der Waals surface area contributed by atoms with Gasteiger partial charge >= 0.3 is 5.69 Å². The van der Waals surface area contributed by atoms with E-state index in [1.165, 1.54) is 12.1 Å². The van der Waals surface area contributed by atoms with E-state index >= 15 is 0 Å². The Morgan fingerprint density at radius 1 is 1.53 bits per heavy atom. The van der Waals surface area contributed by atoms with E-state index in [0.717, 1.165) is 6.07 Å². The van der Waals surface area contributed by atoms with Gasteiger partial charge in [-0.25, -0.2) is 8.78 Å². The molecule has 0 atom stereocenters. The van der Waals surface area contributed by atoms with Gasteiger partial charge in [0.05, 0.1) is 11.5 Å². The van der Waals surface area contributed by atoms with Crippen molar-refractivity contribution in [2.24, 2.45) is 0 Å². The first-order valence-corrected chi connectivity index (χ1v) is 5.36. The number of aliphatic hydroxyl groups is 1. The summed E-state index contributed by atoms with van der Waals surface area (Å²) in [5, 5.41) is 20.6. The van der Waals surface area contributed by atoms with Crippen molar-refractivity contribution >= 4 is 23.2 Å². The molecule has 104 valence electrons. The lowest BCUT2D eigenvalue weighted by Gasteiger charge is -2.14. The van der Waals surface area contributed by atoms with Gasteiger partial charge in [0.25, 0.3) is 11.8 Å². The molecule has 1 rings (SSSR count). The van der Waals surface area contributed by atoms with Crippen LogP contribution in [0.1, 0.15) is 10.4 Å². The number of nitrogens with zero attached hydrogens (tertiary/aromatic N) is 1. The van der Waals surface area contributed by atoms with Crippen LogP contribution in [-0.2, 0) is 0 Å². The van der Waals surface area contributed by atoms with Crippen molar-refractivity contribution in [2.45, 2.75) is 5.92 Å². The largest absolute Gasteiger partial charge is 0.390 e. The second-order valence-corrected chi connectivity index (χ2v) is 4.00. The molecule has 2 N–H and O–H groups in total. The number of alkyl halides is 2. The standard InChI is InChI=1S/C10H9ClF2N2O4/c11-7-3-1-2-6(8(7)15(18)19)9(17)14-4-10(12,13)5-16/h1-3,16H,4-5H2,(H,14,17). The van der Waals surface area contributed by atoms with Crippen LogP contribution < -0.4 is 5.32 Å². The highest BCUT2D eigenvalue weighted by atomic mass is 35.5. The molecule has 1 aromatic carbocycles. The van der Waals surface area contributed by atoms with Crippen LogP contribution in [0.15, 0.2) is 18.2 Å². The van der Waals surface area contributed by atoms with E-state index in [4.69, 9.17) is 16.7 Å². The number of para-hydroxylation sites is 1. The first kappa shape index (κ1) is 15.3. The van der Waals surface area contributed by atoms with Gasteiger partial charge in [-0.1, -0.05) is 17.7 Å². The number of hydrogen-bond donors (Lipinski definition) is 2. The third-order valence-corrected chi connectivity index (χ3v) is 2.46. The SMILES string of the molecule is O=C(NCC(F)(F)CO)c1cccc(Cl)c1[N+](=O)[O-]. The highest BCUT2D eigenvalue weighted by Gasteiger charge is 2.30.